The quantitative estimate of drug-likeness (QED) is 0.505. The summed E-state index contributed by atoms with van der Waals surface area (Å²) >= 11 is 6.46. The summed E-state index contributed by atoms with van der Waals surface area (Å²) in [7, 11) is 0. The van der Waals surface area contributed by atoms with Crippen LogP contribution >= 0.6 is 27.5 Å². The number of hydrogen-bond donors (Lipinski definition) is 0. The van der Waals surface area contributed by atoms with Crippen molar-refractivity contribution in [3.8, 4) is 0 Å². The summed E-state index contributed by atoms with van der Waals surface area (Å²) < 4.78 is 21.4. The van der Waals surface area contributed by atoms with Crippen LogP contribution in [-0.4, -0.2) is 8.76 Å². The van der Waals surface area contributed by atoms with E-state index in [1.165, 1.54) is 6.07 Å². The molecule has 0 N–H and O–H groups in total. The molecule has 1 aromatic carbocycles. The molecule has 0 bridgehead atoms. The van der Waals surface area contributed by atoms with Crippen molar-refractivity contribution in [3.63, 3.8) is 0 Å². The molecular weight excluding hydrogens is 274 g/mol. The van der Waals surface area contributed by atoms with E-state index in [0.717, 1.165) is 0 Å². The number of hydrogen-bond acceptors (Lipinski definition) is 2. The zero-order valence-electron chi connectivity index (χ0n) is 6.21. The van der Waals surface area contributed by atoms with E-state index in [4.69, 9.17) is 11.6 Å². The van der Waals surface area contributed by atoms with E-state index in [1.807, 2.05) is 0 Å². The zero-order valence-corrected chi connectivity index (χ0v) is 11.4. The second-order valence-corrected chi connectivity index (χ2v) is 3.90. The van der Waals surface area contributed by atoms with E-state index in [-0.39, 0.29) is 34.5 Å². The predicted octanol–water partition coefficient (Wildman–Crippen LogP) is -0.655. The fourth-order valence-corrected chi connectivity index (χ4v) is 1.95. The van der Waals surface area contributed by atoms with Crippen LogP contribution in [-0.2, 0) is 11.1 Å². The molecule has 60 valence electrons. The minimum atomic E-state index is -2.23. The molecule has 0 radical (unpaired) electrons. The van der Waals surface area contributed by atoms with Crippen LogP contribution in [0.15, 0.2) is 27.6 Å². The van der Waals surface area contributed by atoms with Crippen LogP contribution in [0.3, 0.4) is 0 Å². The Bertz CT molecular complexity index is 308. The van der Waals surface area contributed by atoms with Gasteiger partial charge in [-0.05, 0) is 39.1 Å². The summed E-state index contributed by atoms with van der Waals surface area (Å²) in [6.07, 6.45) is 0. The fourth-order valence-electron chi connectivity index (χ4n) is 0.613. The molecule has 0 heterocycles. The first-order valence-corrected chi connectivity index (χ1v) is 4.91. The van der Waals surface area contributed by atoms with E-state index >= 15 is 0 Å². The van der Waals surface area contributed by atoms with Gasteiger partial charge in [-0.15, -0.1) is 0 Å². The van der Waals surface area contributed by atoms with Gasteiger partial charge in [-0.2, -0.15) is 0 Å². The first kappa shape index (κ1) is 13.1. The molecule has 0 aromatic heterocycles. The van der Waals surface area contributed by atoms with Crippen molar-refractivity contribution in [1.82, 2.24) is 0 Å². The molecule has 1 aromatic rings. The number of rotatable bonds is 1. The third-order valence-corrected chi connectivity index (χ3v) is 3.46. The molecule has 0 saturated carbocycles. The van der Waals surface area contributed by atoms with Crippen LogP contribution in [0.1, 0.15) is 0 Å². The van der Waals surface area contributed by atoms with Gasteiger partial charge in [0.1, 0.15) is 0 Å². The number of halogens is 2. The molecular formula is C6H3BrClNaO2S. The maximum Gasteiger partial charge on any atom is 1.00 e. The van der Waals surface area contributed by atoms with E-state index in [1.54, 1.807) is 12.1 Å². The molecule has 1 rings (SSSR count). The molecule has 0 amide bonds. The van der Waals surface area contributed by atoms with Crippen molar-refractivity contribution in [2.24, 2.45) is 0 Å². The van der Waals surface area contributed by atoms with Gasteiger partial charge in [0, 0.05) is 4.90 Å². The van der Waals surface area contributed by atoms with Gasteiger partial charge in [0.15, 0.2) is 0 Å². The van der Waals surface area contributed by atoms with Crippen molar-refractivity contribution in [3.05, 3.63) is 27.7 Å². The van der Waals surface area contributed by atoms with Crippen molar-refractivity contribution in [2.75, 3.05) is 0 Å². The Morgan fingerprint density at radius 3 is 2.50 bits per heavy atom. The van der Waals surface area contributed by atoms with Crippen molar-refractivity contribution >= 4 is 38.6 Å². The Morgan fingerprint density at radius 2 is 2.08 bits per heavy atom. The Morgan fingerprint density at radius 1 is 1.50 bits per heavy atom. The first-order valence-electron chi connectivity index (χ1n) is 2.66. The average Bonchev–Trinajstić information content (AvgIpc) is 1.94. The summed E-state index contributed by atoms with van der Waals surface area (Å²) in [4.78, 5) is 0.178. The van der Waals surface area contributed by atoms with E-state index in [0.29, 0.717) is 9.50 Å². The molecule has 2 nitrogen and oxygen atoms in total. The topological polar surface area (TPSA) is 40.1 Å². The molecule has 0 aliphatic rings. The van der Waals surface area contributed by atoms with E-state index in [9.17, 15) is 8.76 Å². The van der Waals surface area contributed by atoms with Crippen LogP contribution in [0, 0.1) is 0 Å². The Balaban J connectivity index is 0.00000121. The largest absolute Gasteiger partial charge is 1.00 e. The molecule has 0 saturated heterocycles. The van der Waals surface area contributed by atoms with E-state index < -0.39 is 11.1 Å². The summed E-state index contributed by atoms with van der Waals surface area (Å²) in [5, 5.41) is 0.395. The normalized spacial score (nSPS) is 11.9. The monoisotopic (exact) mass is 276 g/mol. The zero-order chi connectivity index (χ0) is 8.43. The van der Waals surface area contributed by atoms with Crippen molar-refractivity contribution in [2.45, 2.75) is 4.90 Å². The van der Waals surface area contributed by atoms with Gasteiger partial charge in [-0.1, -0.05) is 17.7 Å². The fraction of sp³-hybridized carbons (Fsp3) is 0. The summed E-state index contributed by atoms with van der Waals surface area (Å²) in [6.45, 7) is 0. The molecule has 1 unspecified atom stereocenters. The minimum Gasteiger partial charge on any atom is -0.768 e. The van der Waals surface area contributed by atoms with Gasteiger partial charge in [0.25, 0.3) is 0 Å². The minimum absolute atomic E-state index is 0. The van der Waals surface area contributed by atoms with Gasteiger partial charge in [0.2, 0.25) is 0 Å². The molecule has 1 atom stereocenters. The van der Waals surface area contributed by atoms with Gasteiger partial charge < -0.3 is 4.55 Å². The predicted molar refractivity (Wildman–Crippen MR) is 46.3 cm³/mol. The van der Waals surface area contributed by atoms with Crippen molar-refractivity contribution < 1.29 is 38.3 Å². The first-order chi connectivity index (χ1) is 5.13. The third-order valence-electron chi connectivity index (χ3n) is 1.10. The standard InChI is InChI=1S/C6H4BrClO2S.Na/c7-6-4(8)2-1-3-5(6)11(9)10;/h1-3H,(H,9,10);/q;+1/p-1. The second kappa shape index (κ2) is 5.75. The third kappa shape index (κ3) is 3.10. The number of benzene rings is 1. The molecule has 6 heteroatoms. The molecule has 0 fully saturated rings. The Labute approximate surface area is 108 Å². The van der Waals surface area contributed by atoms with Crippen LogP contribution in [0.25, 0.3) is 0 Å². The van der Waals surface area contributed by atoms with E-state index in [2.05, 4.69) is 15.9 Å². The maximum atomic E-state index is 10.5. The molecule has 0 aliphatic carbocycles. The van der Waals surface area contributed by atoms with Gasteiger partial charge >= 0.3 is 29.6 Å². The van der Waals surface area contributed by atoms with Crippen LogP contribution in [0.4, 0.5) is 0 Å². The summed E-state index contributed by atoms with van der Waals surface area (Å²) in [5.74, 6) is 0. The van der Waals surface area contributed by atoms with Crippen LogP contribution < -0.4 is 29.6 Å². The molecule has 0 aliphatic heterocycles. The summed E-state index contributed by atoms with van der Waals surface area (Å²) in [5.41, 5.74) is 0. The van der Waals surface area contributed by atoms with Gasteiger partial charge in [0.05, 0.1) is 9.50 Å². The van der Waals surface area contributed by atoms with Crippen LogP contribution in [0.2, 0.25) is 5.02 Å². The summed E-state index contributed by atoms with van der Waals surface area (Å²) in [6, 6.07) is 4.67. The van der Waals surface area contributed by atoms with Crippen LogP contribution in [0.5, 0.6) is 0 Å². The maximum absolute atomic E-state index is 10.5. The van der Waals surface area contributed by atoms with Gasteiger partial charge in [-0.3, -0.25) is 4.21 Å². The SMILES string of the molecule is O=S([O-])c1cccc(Cl)c1Br.[Na+]. The smallest absolute Gasteiger partial charge is 0.768 e. The van der Waals surface area contributed by atoms with Gasteiger partial charge in [-0.25, -0.2) is 0 Å². The Hall–Kier alpha value is 1.10. The molecule has 12 heavy (non-hydrogen) atoms. The second-order valence-electron chi connectivity index (χ2n) is 1.79. The average molecular weight is 278 g/mol. The Kier molecular flexibility index (Phi) is 6.28. The van der Waals surface area contributed by atoms with Crippen molar-refractivity contribution in [1.29, 1.82) is 0 Å². The molecule has 0 spiro atoms.